The number of nitrogens with zero attached hydrogens (tertiary/aromatic N) is 3. The molecule has 0 aromatic heterocycles. The second-order valence-electron chi connectivity index (χ2n) is 19.6. The summed E-state index contributed by atoms with van der Waals surface area (Å²) in [5.41, 5.74) is 31.5. The van der Waals surface area contributed by atoms with Crippen LogP contribution >= 0.6 is 0 Å². The van der Waals surface area contributed by atoms with E-state index in [2.05, 4.69) is 285 Å². The highest BCUT2D eigenvalue weighted by molar-refractivity contribution is 5.83. The Labute approximate surface area is 451 Å². The average molecular weight is 987 g/mol. The molecule has 76 heavy (non-hydrogen) atoms. The molecule has 0 radical (unpaired) electrons. The minimum Gasteiger partial charge on any atom is -0.399 e. The summed E-state index contributed by atoms with van der Waals surface area (Å²) in [7, 11) is 0. The lowest BCUT2D eigenvalue weighted by molar-refractivity contribution is 0.875. The van der Waals surface area contributed by atoms with Crippen LogP contribution in [-0.2, 0) is 0 Å². The van der Waals surface area contributed by atoms with Crippen molar-refractivity contribution in [2.24, 2.45) is 0 Å². The molecule has 4 heteroatoms. The fourth-order valence-electron chi connectivity index (χ4n) is 9.92. The van der Waals surface area contributed by atoms with E-state index in [0.29, 0.717) is 0 Å². The van der Waals surface area contributed by atoms with Gasteiger partial charge in [-0.05, 0) is 200 Å². The first kappa shape index (κ1) is 50.4. The summed E-state index contributed by atoms with van der Waals surface area (Å²) in [5.74, 6) is 0. The number of hydrogen-bond acceptors (Lipinski definition) is 4. The Morgan fingerprint density at radius 2 is 0.461 bits per heavy atom. The van der Waals surface area contributed by atoms with Gasteiger partial charge >= 0.3 is 0 Å². The number of anilines is 9. The van der Waals surface area contributed by atoms with Gasteiger partial charge in [0.25, 0.3) is 0 Å². The number of nitrogen functional groups attached to an aromatic ring is 1. The summed E-state index contributed by atoms with van der Waals surface area (Å²) in [4.78, 5) is 7.07. The van der Waals surface area contributed by atoms with Crippen LogP contribution in [0.25, 0.3) is 44.5 Å². The number of aryl methyl sites for hydroxylation is 3. The standard InChI is InChI=1S/C70H60N4.C2H6/c1-49-5-13-53(14-6-49)55-17-37-65(38-18-55)72(62-31-7-50(2)8-32-62)67-41-21-57(22-42-67)59-25-45-69(46-26-59)74(64-35-11-52(4)12-36-64)70-47-27-60(28-48-70)58-23-43-68(44-24-58)73(63-33-9-51(3)10-34-63)66-39-19-56(20-40-66)54-15-29-61(71)30-16-54;1-2/h5-7,9-31,33-48H,8,32,71H2,1-4H3;1-2H3. The van der Waals surface area contributed by atoms with Gasteiger partial charge in [-0.3, -0.25) is 0 Å². The first-order valence-corrected chi connectivity index (χ1v) is 26.6. The van der Waals surface area contributed by atoms with Crippen molar-refractivity contribution in [3.05, 3.63) is 283 Å². The van der Waals surface area contributed by atoms with Crippen LogP contribution in [0.2, 0.25) is 0 Å². The molecule has 0 heterocycles. The summed E-state index contributed by atoms with van der Waals surface area (Å²) in [6.07, 6.45) is 6.61. The van der Waals surface area contributed by atoms with Gasteiger partial charge in [-0.2, -0.15) is 0 Å². The fraction of sp³-hybridized carbons (Fsp3) is 0.111. The van der Waals surface area contributed by atoms with Crippen LogP contribution in [0.4, 0.5) is 51.2 Å². The normalized spacial score (nSPS) is 11.9. The smallest absolute Gasteiger partial charge is 0.0462 e. The first-order valence-electron chi connectivity index (χ1n) is 26.6. The van der Waals surface area contributed by atoms with Gasteiger partial charge in [-0.25, -0.2) is 0 Å². The maximum absolute atomic E-state index is 5.98. The van der Waals surface area contributed by atoms with E-state index < -0.39 is 0 Å². The third-order valence-corrected chi connectivity index (χ3v) is 14.3. The number of hydrogen-bond donors (Lipinski definition) is 1. The fourth-order valence-corrected chi connectivity index (χ4v) is 9.92. The van der Waals surface area contributed by atoms with Crippen molar-refractivity contribution < 1.29 is 0 Å². The van der Waals surface area contributed by atoms with Gasteiger partial charge in [0.05, 0.1) is 0 Å². The number of allylic oxidation sites excluding steroid dienone is 4. The first-order chi connectivity index (χ1) is 37.2. The molecule has 0 spiro atoms. The number of rotatable bonds is 13. The topological polar surface area (TPSA) is 35.7 Å². The zero-order chi connectivity index (χ0) is 52.5. The molecule has 2 N–H and O–H groups in total. The highest BCUT2D eigenvalue weighted by Crippen LogP contribution is 2.41. The molecule has 0 bridgehead atoms. The van der Waals surface area contributed by atoms with Crippen molar-refractivity contribution in [1.29, 1.82) is 0 Å². The Morgan fingerprint density at radius 3 is 0.711 bits per heavy atom. The van der Waals surface area contributed by atoms with Crippen LogP contribution in [0.5, 0.6) is 0 Å². The predicted molar refractivity (Wildman–Crippen MR) is 327 cm³/mol. The SMILES string of the molecule is CC.CC1=CC=C(N(c2ccc(-c3ccc(C)cc3)cc2)c2ccc(-c3ccc(N(c4ccc(C)cc4)c4ccc(-c5ccc(N(c6ccc(C)cc6)c6ccc(-c7ccc(N)cc7)cc6)cc5)cc4)cc3)cc2)CC1. The van der Waals surface area contributed by atoms with Gasteiger partial charge in [-0.15, -0.1) is 0 Å². The summed E-state index contributed by atoms with van der Waals surface area (Å²) < 4.78 is 0. The molecular weight excluding hydrogens is 921 g/mol. The zero-order valence-electron chi connectivity index (χ0n) is 44.6. The highest BCUT2D eigenvalue weighted by atomic mass is 15.2. The summed E-state index contributed by atoms with van der Waals surface area (Å²) in [6, 6.07) is 87.9. The molecule has 374 valence electrons. The minimum absolute atomic E-state index is 0.764. The molecule has 10 aromatic rings. The highest BCUT2D eigenvalue weighted by Gasteiger charge is 2.19. The molecule has 0 amide bonds. The van der Waals surface area contributed by atoms with Crippen molar-refractivity contribution in [2.75, 3.05) is 20.4 Å². The molecule has 0 aliphatic heterocycles. The lowest BCUT2D eigenvalue weighted by Crippen LogP contribution is -2.17. The Morgan fingerprint density at radius 1 is 0.250 bits per heavy atom. The van der Waals surface area contributed by atoms with Gasteiger partial charge in [-0.1, -0.05) is 176 Å². The molecule has 0 atom stereocenters. The van der Waals surface area contributed by atoms with Crippen LogP contribution < -0.4 is 20.4 Å². The van der Waals surface area contributed by atoms with Crippen LogP contribution in [0.1, 0.15) is 50.3 Å². The van der Waals surface area contributed by atoms with Crippen LogP contribution in [0, 0.1) is 20.8 Å². The molecule has 0 saturated carbocycles. The lowest BCUT2D eigenvalue weighted by atomic mass is 10.00. The van der Waals surface area contributed by atoms with E-state index in [1.165, 1.54) is 50.2 Å². The van der Waals surface area contributed by atoms with Gasteiger partial charge < -0.3 is 20.4 Å². The monoisotopic (exact) mass is 987 g/mol. The second kappa shape index (κ2) is 23.0. The molecular formula is C72H66N4. The largest absolute Gasteiger partial charge is 0.399 e. The van der Waals surface area contributed by atoms with Crippen molar-refractivity contribution in [1.82, 2.24) is 0 Å². The van der Waals surface area contributed by atoms with E-state index in [0.717, 1.165) is 86.3 Å². The maximum Gasteiger partial charge on any atom is 0.0462 e. The summed E-state index contributed by atoms with van der Waals surface area (Å²) in [6.45, 7) is 12.6. The molecule has 4 nitrogen and oxygen atoms in total. The second-order valence-corrected chi connectivity index (χ2v) is 19.6. The molecule has 0 saturated heterocycles. The third kappa shape index (κ3) is 11.3. The number of benzene rings is 10. The zero-order valence-corrected chi connectivity index (χ0v) is 44.6. The van der Waals surface area contributed by atoms with Crippen LogP contribution in [-0.4, -0.2) is 0 Å². The molecule has 1 aliphatic carbocycles. The van der Waals surface area contributed by atoms with Gasteiger partial charge in [0.2, 0.25) is 0 Å². The Balaban J connectivity index is 0.00000325. The van der Waals surface area contributed by atoms with Crippen molar-refractivity contribution >= 4 is 51.2 Å². The molecule has 0 fully saturated rings. The van der Waals surface area contributed by atoms with E-state index in [-0.39, 0.29) is 0 Å². The van der Waals surface area contributed by atoms with Gasteiger partial charge in [0.15, 0.2) is 0 Å². The van der Waals surface area contributed by atoms with Crippen LogP contribution in [0.15, 0.2) is 266 Å². The van der Waals surface area contributed by atoms with Crippen LogP contribution in [0.3, 0.4) is 0 Å². The van der Waals surface area contributed by atoms with Crippen molar-refractivity contribution in [3.63, 3.8) is 0 Å². The predicted octanol–water partition coefficient (Wildman–Crippen LogP) is 20.6. The van der Waals surface area contributed by atoms with Gasteiger partial charge in [0, 0.05) is 56.9 Å². The van der Waals surface area contributed by atoms with E-state index in [1.807, 2.05) is 26.0 Å². The summed E-state index contributed by atoms with van der Waals surface area (Å²) >= 11 is 0. The Kier molecular flexibility index (Phi) is 15.2. The number of nitrogens with two attached hydrogens (primary N) is 1. The van der Waals surface area contributed by atoms with E-state index in [4.69, 9.17) is 5.73 Å². The average Bonchev–Trinajstić information content (AvgIpc) is 3.48. The Hall–Kier alpha value is -9.12. The third-order valence-electron chi connectivity index (χ3n) is 14.3. The quantitative estimate of drug-likeness (QED) is 0.117. The molecule has 10 aromatic carbocycles. The molecule has 1 aliphatic rings. The van der Waals surface area contributed by atoms with E-state index in [1.54, 1.807) is 0 Å². The van der Waals surface area contributed by atoms with Crippen molar-refractivity contribution in [3.8, 4) is 44.5 Å². The molecule has 11 rings (SSSR count). The molecule has 0 unspecified atom stereocenters. The lowest BCUT2D eigenvalue weighted by Gasteiger charge is -2.30. The van der Waals surface area contributed by atoms with E-state index >= 15 is 0 Å². The van der Waals surface area contributed by atoms with Crippen molar-refractivity contribution in [2.45, 2.75) is 54.4 Å². The Bertz CT molecular complexity index is 3560. The minimum atomic E-state index is 0.764. The summed E-state index contributed by atoms with van der Waals surface area (Å²) in [5, 5.41) is 0. The maximum atomic E-state index is 5.98. The van der Waals surface area contributed by atoms with Gasteiger partial charge in [0.1, 0.15) is 0 Å². The van der Waals surface area contributed by atoms with E-state index in [9.17, 15) is 0 Å².